The lowest BCUT2D eigenvalue weighted by Gasteiger charge is -2.41. The van der Waals surface area contributed by atoms with Crippen molar-refractivity contribution in [3.8, 4) is 0 Å². The molecule has 2 amide bonds. The third-order valence-corrected chi connectivity index (χ3v) is 8.46. The molecule has 0 saturated carbocycles. The van der Waals surface area contributed by atoms with E-state index < -0.39 is 24.3 Å². The molecule has 1 heterocycles. The number of hydrogen-bond donors (Lipinski definition) is 4. The van der Waals surface area contributed by atoms with Crippen LogP contribution in [0.2, 0.25) is 0 Å². The second-order valence-corrected chi connectivity index (χ2v) is 11.6. The van der Waals surface area contributed by atoms with Gasteiger partial charge < -0.3 is 35.1 Å². The van der Waals surface area contributed by atoms with Gasteiger partial charge in [0.1, 0.15) is 6.04 Å². The van der Waals surface area contributed by atoms with Gasteiger partial charge in [0.25, 0.3) is 0 Å². The van der Waals surface area contributed by atoms with E-state index in [1.165, 1.54) is 7.11 Å². The Kier molecular flexibility index (Phi) is 12.4. The van der Waals surface area contributed by atoms with Gasteiger partial charge in [0.05, 0.1) is 32.5 Å². The monoisotopic (exact) mass is 608 g/mol. The molecule has 0 aromatic heterocycles. The molecule has 1 aliphatic heterocycles. The van der Waals surface area contributed by atoms with Crippen LogP contribution in [0.5, 0.6) is 0 Å². The minimum Gasteiger partial charge on any atom is -0.467 e. The molecule has 5 unspecified atom stereocenters. The Balaban J connectivity index is 1.39. The first kappa shape index (κ1) is 32.5. The Hall–Kier alpha value is -3.41. The molecule has 1 aliphatic rings. The number of aliphatic hydroxyl groups excluding tert-OH is 2. The van der Waals surface area contributed by atoms with Crippen molar-refractivity contribution in [2.75, 3.05) is 25.2 Å². The Morgan fingerprint density at radius 3 is 2.23 bits per heavy atom. The molecule has 3 aromatic rings. The molecule has 5 atom stereocenters. The number of rotatable bonds is 13. The van der Waals surface area contributed by atoms with E-state index in [0.29, 0.717) is 12.2 Å². The van der Waals surface area contributed by atoms with E-state index in [4.69, 9.17) is 14.2 Å². The van der Waals surface area contributed by atoms with Crippen LogP contribution >= 0.6 is 11.8 Å². The fraction of sp³-hybridized carbons (Fsp3) is 0.394. The highest BCUT2D eigenvalue weighted by Crippen LogP contribution is 2.42. The van der Waals surface area contributed by atoms with Gasteiger partial charge in [-0.25, -0.2) is 9.59 Å². The van der Waals surface area contributed by atoms with Crippen LogP contribution in [0, 0.1) is 5.92 Å². The lowest BCUT2D eigenvalue weighted by atomic mass is 9.91. The summed E-state index contributed by atoms with van der Waals surface area (Å²) in [6.45, 7) is 2.46. The predicted molar refractivity (Wildman–Crippen MR) is 165 cm³/mol. The number of benzene rings is 3. The van der Waals surface area contributed by atoms with E-state index in [2.05, 4.69) is 17.6 Å². The fourth-order valence-electron chi connectivity index (χ4n) is 4.94. The molecule has 4 N–H and O–H groups in total. The molecular weight excluding hydrogens is 568 g/mol. The highest BCUT2D eigenvalue weighted by atomic mass is 32.2. The van der Waals surface area contributed by atoms with Gasteiger partial charge in [0, 0.05) is 36.0 Å². The minimum absolute atomic E-state index is 0.0179. The van der Waals surface area contributed by atoms with E-state index in [1.807, 2.05) is 78.9 Å². The van der Waals surface area contributed by atoms with Gasteiger partial charge >= 0.3 is 12.0 Å². The number of nitrogens with one attached hydrogen (secondary N) is 2. The van der Waals surface area contributed by atoms with Gasteiger partial charge in [-0.1, -0.05) is 85.8 Å². The topological polar surface area (TPSA) is 126 Å². The van der Waals surface area contributed by atoms with Crippen molar-refractivity contribution in [3.63, 3.8) is 0 Å². The zero-order valence-corrected chi connectivity index (χ0v) is 25.3. The van der Waals surface area contributed by atoms with Gasteiger partial charge in [-0.15, -0.1) is 0 Å². The summed E-state index contributed by atoms with van der Waals surface area (Å²) in [4.78, 5) is 24.9. The van der Waals surface area contributed by atoms with Crippen LogP contribution in [-0.2, 0) is 38.6 Å². The first-order valence-corrected chi connectivity index (χ1v) is 15.5. The van der Waals surface area contributed by atoms with Gasteiger partial charge in [-0.3, -0.25) is 0 Å². The molecule has 4 rings (SSSR count). The van der Waals surface area contributed by atoms with Crippen LogP contribution in [0.25, 0.3) is 0 Å². The van der Waals surface area contributed by atoms with E-state index in [1.54, 1.807) is 11.8 Å². The molecule has 10 heteroatoms. The standard InChI is InChI=1S/C33H40N2O7S/c1-22-29(21-43-17-16-36)41-32(42-30(22)26-12-10-25(20-37)11-13-26)27-14-8-24(9-15-27)19-34-33(39)35-28(31(38)40-2)18-23-6-4-3-5-7-23/h3-15,22,28-30,32,36-37H,16-21H2,1-2H3,(H2,34,35,39). The quantitative estimate of drug-likeness (QED) is 0.167. The van der Waals surface area contributed by atoms with Gasteiger partial charge in [-0.2, -0.15) is 11.8 Å². The third-order valence-electron chi connectivity index (χ3n) is 7.42. The van der Waals surface area contributed by atoms with Crippen molar-refractivity contribution in [2.45, 2.75) is 51.0 Å². The summed E-state index contributed by atoms with van der Waals surface area (Å²) in [7, 11) is 1.30. The van der Waals surface area contributed by atoms with Crippen LogP contribution in [-0.4, -0.2) is 59.6 Å². The number of thioether (sulfide) groups is 1. The molecule has 230 valence electrons. The molecule has 9 nitrogen and oxygen atoms in total. The molecule has 1 saturated heterocycles. The molecule has 0 bridgehead atoms. The molecule has 0 aliphatic carbocycles. The molecule has 0 spiro atoms. The highest BCUT2D eigenvalue weighted by Gasteiger charge is 2.38. The van der Waals surface area contributed by atoms with E-state index >= 15 is 0 Å². The summed E-state index contributed by atoms with van der Waals surface area (Å²) in [6.07, 6.45) is -0.583. The van der Waals surface area contributed by atoms with Crippen molar-refractivity contribution < 1.29 is 34.0 Å². The van der Waals surface area contributed by atoms with Crippen LogP contribution in [0.4, 0.5) is 4.79 Å². The summed E-state index contributed by atoms with van der Waals surface area (Å²) in [5, 5.41) is 24.2. The smallest absolute Gasteiger partial charge is 0.328 e. The van der Waals surface area contributed by atoms with Crippen molar-refractivity contribution in [1.29, 1.82) is 0 Å². The number of amides is 2. The Morgan fingerprint density at radius 2 is 1.58 bits per heavy atom. The molecule has 3 aromatic carbocycles. The van der Waals surface area contributed by atoms with E-state index in [-0.39, 0.29) is 37.9 Å². The lowest BCUT2D eigenvalue weighted by Crippen LogP contribution is -2.47. The summed E-state index contributed by atoms with van der Waals surface area (Å²) in [5.41, 5.74) is 4.48. The fourth-order valence-corrected chi connectivity index (χ4v) is 5.85. The number of methoxy groups -OCH3 is 1. The second-order valence-electron chi connectivity index (χ2n) is 10.5. The number of hydrogen-bond acceptors (Lipinski definition) is 8. The van der Waals surface area contributed by atoms with Gasteiger partial charge in [0.2, 0.25) is 0 Å². The largest absolute Gasteiger partial charge is 0.467 e. The van der Waals surface area contributed by atoms with Crippen molar-refractivity contribution >= 4 is 23.8 Å². The third kappa shape index (κ3) is 9.29. The molecule has 0 radical (unpaired) electrons. The summed E-state index contributed by atoms with van der Waals surface area (Å²) in [6, 6.07) is 23.6. The van der Waals surface area contributed by atoms with Crippen molar-refractivity contribution in [3.05, 3.63) is 107 Å². The normalized spacial score (nSPS) is 20.7. The van der Waals surface area contributed by atoms with E-state index in [0.717, 1.165) is 33.6 Å². The second kappa shape index (κ2) is 16.4. The van der Waals surface area contributed by atoms with Crippen LogP contribution in [0.3, 0.4) is 0 Å². The van der Waals surface area contributed by atoms with Crippen LogP contribution < -0.4 is 10.6 Å². The summed E-state index contributed by atoms with van der Waals surface area (Å²) < 4.78 is 17.8. The predicted octanol–water partition coefficient (Wildman–Crippen LogP) is 4.28. The number of aliphatic hydroxyl groups is 2. The molecular formula is C33H40N2O7S. The van der Waals surface area contributed by atoms with Crippen LogP contribution in [0.15, 0.2) is 78.9 Å². The molecule has 43 heavy (non-hydrogen) atoms. The van der Waals surface area contributed by atoms with Gasteiger partial charge in [-0.05, 0) is 22.3 Å². The maximum Gasteiger partial charge on any atom is 0.328 e. The average molecular weight is 609 g/mol. The lowest BCUT2D eigenvalue weighted by molar-refractivity contribution is -0.268. The maximum absolute atomic E-state index is 12.6. The number of urea groups is 1. The van der Waals surface area contributed by atoms with Gasteiger partial charge in [0.15, 0.2) is 6.29 Å². The Morgan fingerprint density at radius 1 is 0.907 bits per heavy atom. The minimum atomic E-state index is -0.811. The molecule has 1 fully saturated rings. The number of carbonyl (C=O) groups is 2. The average Bonchev–Trinajstić information content (AvgIpc) is 3.05. The maximum atomic E-state index is 12.6. The zero-order chi connectivity index (χ0) is 30.6. The Bertz CT molecular complexity index is 1290. The first-order valence-electron chi connectivity index (χ1n) is 14.4. The van der Waals surface area contributed by atoms with Crippen LogP contribution in [0.1, 0.15) is 47.1 Å². The van der Waals surface area contributed by atoms with Crippen molar-refractivity contribution in [2.24, 2.45) is 5.92 Å². The first-order chi connectivity index (χ1) is 20.9. The number of carbonyl (C=O) groups excluding carboxylic acids is 2. The summed E-state index contributed by atoms with van der Waals surface area (Å²) in [5.74, 6) is 0.914. The number of ether oxygens (including phenoxy) is 3. The number of esters is 1. The van der Waals surface area contributed by atoms with E-state index in [9.17, 15) is 19.8 Å². The SMILES string of the molecule is COC(=O)C(Cc1ccccc1)NC(=O)NCc1ccc(C2OC(CSCCO)C(C)C(c3ccc(CO)cc3)O2)cc1. The Labute approximate surface area is 256 Å². The summed E-state index contributed by atoms with van der Waals surface area (Å²) >= 11 is 1.64. The highest BCUT2D eigenvalue weighted by molar-refractivity contribution is 7.99. The zero-order valence-electron chi connectivity index (χ0n) is 24.5. The van der Waals surface area contributed by atoms with Crippen molar-refractivity contribution in [1.82, 2.24) is 10.6 Å².